The quantitative estimate of drug-likeness (QED) is 0.533. The van der Waals surface area contributed by atoms with E-state index in [1.165, 1.54) is 0 Å². The third kappa shape index (κ3) is 0.184. The van der Waals surface area contributed by atoms with Gasteiger partial charge in [0, 0.05) is 14.1 Å². The summed E-state index contributed by atoms with van der Waals surface area (Å²) in [5.74, 6) is 5.85. The molecule has 0 bridgehead atoms. The first-order valence-corrected chi connectivity index (χ1v) is 5.73. The molecule has 1 saturated heterocycles. The van der Waals surface area contributed by atoms with Crippen molar-refractivity contribution < 1.29 is 4.79 Å². The number of urea groups is 1. The molecule has 4 atom stereocenters. The molecule has 6 saturated carbocycles. The fraction of sp³-hybridized carbons (Fsp3) is 0.909. The lowest BCUT2D eigenvalue weighted by molar-refractivity contribution is -0.609. The molecular formula is C11H12N2O. The molecule has 0 N–H and O–H groups in total. The van der Waals surface area contributed by atoms with E-state index in [0.29, 0.717) is 17.1 Å². The van der Waals surface area contributed by atoms with Gasteiger partial charge in [0.15, 0.2) is 0 Å². The van der Waals surface area contributed by atoms with Gasteiger partial charge < -0.3 is 9.80 Å². The number of carbonyl (C=O) groups excluding carboxylic acids is 1. The van der Waals surface area contributed by atoms with E-state index in [2.05, 4.69) is 9.80 Å². The van der Waals surface area contributed by atoms with Gasteiger partial charge in [-0.05, 0) is 35.5 Å². The van der Waals surface area contributed by atoms with Crippen LogP contribution in [0.4, 0.5) is 4.79 Å². The highest BCUT2D eigenvalue weighted by Gasteiger charge is 3.14. The Morgan fingerprint density at radius 1 is 0.929 bits per heavy atom. The van der Waals surface area contributed by atoms with Crippen LogP contribution in [0.5, 0.6) is 0 Å². The third-order valence-electron chi connectivity index (χ3n) is 7.24. The lowest BCUT2D eigenvalue weighted by atomic mass is 8.96. The monoisotopic (exact) mass is 188 g/mol. The van der Waals surface area contributed by atoms with Gasteiger partial charge in [0.1, 0.15) is 0 Å². The van der Waals surface area contributed by atoms with Crippen molar-refractivity contribution >= 4 is 6.03 Å². The van der Waals surface area contributed by atoms with Gasteiger partial charge >= 0.3 is 6.03 Å². The second-order valence-corrected chi connectivity index (χ2v) is 6.31. The number of carbonyl (C=O) groups is 1. The molecular weight excluding hydrogens is 176 g/mol. The highest BCUT2D eigenvalue weighted by molar-refractivity contribution is 5.88. The van der Waals surface area contributed by atoms with Gasteiger partial charge in [-0.2, -0.15) is 0 Å². The number of amides is 2. The smallest absolute Gasteiger partial charge is 0.319 e. The molecule has 72 valence electrons. The number of hydrogen-bond donors (Lipinski definition) is 0. The van der Waals surface area contributed by atoms with Crippen molar-refractivity contribution in [2.45, 2.75) is 11.1 Å². The molecule has 0 radical (unpaired) electrons. The molecule has 2 spiro atoms. The summed E-state index contributed by atoms with van der Waals surface area (Å²) >= 11 is 0. The topological polar surface area (TPSA) is 23.6 Å². The van der Waals surface area contributed by atoms with Crippen LogP contribution in [0.1, 0.15) is 0 Å². The van der Waals surface area contributed by atoms with Crippen LogP contribution < -0.4 is 0 Å². The molecule has 1 aliphatic heterocycles. The standard InChI is InChI=1S/C11H12N2O/c1-12-9(14)13(2)11-7-4-3-5(7)10(11,12)6(3)8(4)11/h3-8H,1-2H3. The van der Waals surface area contributed by atoms with Gasteiger partial charge in [-0.3, -0.25) is 0 Å². The molecule has 0 aromatic rings. The van der Waals surface area contributed by atoms with Gasteiger partial charge in [0.2, 0.25) is 0 Å². The van der Waals surface area contributed by atoms with Crippen LogP contribution in [0.2, 0.25) is 0 Å². The van der Waals surface area contributed by atoms with Gasteiger partial charge in [-0.15, -0.1) is 0 Å². The fourth-order valence-corrected chi connectivity index (χ4v) is 7.40. The Morgan fingerprint density at radius 3 is 1.64 bits per heavy atom. The Hall–Kier alpha value is -0.730. The van der Waals surface area contributed by atoms with Crippen molar-refractivity contribution in [2.75, 3.05) is 14.1 Å². The van der Waals surface area contributed by atoms with Gasteiger partial charge in [0.05, 0.1) is 11.1 Å². The number of rotatable bonds is 0. The van der Waals surface area contributed by atoms with E-state index < -0.39 is 0 Å². The highest BCUT2D eigenvalue weighted by atomic mass is 16.2. The molecule has 7 aliphatic rings. The molecule has 4 unspecified atom stereocenters. The summed E-state index contributed by atoms with van der Waals surface area (Å²) < 4.78 is 0. The molecule has 7 fully saturated rings. The molecule has 3 heteroatoms. The Balaban J connectivity index is 1.72. The fourth-order valence-electron chi connectivity index (χ4n) is 7.40. The molecule has 3 nitrogen and oxygen atoms in total. The van der Waals surface area contributed by atoms with Crippen molar-refractivity contribution in [3.8, 4) is 0 Å². The van der Waals surface area contributed by atoms with E-state index in [-0.39, 0.29) is 0 Å². The number of nitrogens with zero attached hydrogens (tertiary/aromatic N) is 2. The van der Waals surface area contributed by atoms with Gasteiger partial charge in [-0.25, -0.2) is 4.79 Å². The third-order valence-corrected chi connectivity index (χ3v) is 7.24. The largest absolute Gasteiger partial charge is 0.320 e. The predicted molar refractivity (Wildman–Crippen MR) is 47.3 cm³/mol. The van der Waals surface area contributed by atoms with Crippen LogP contribution in [0, 0.1) is 35.5 Å². The molecule has 6 aliphatic carbocycles. The van der Waals surface area contributed by atoms with Crippen LogP contribution in [0.25, 0.3) is 0 Å². The van der Waals surface area contributed by atoms with Crippen LogP contribution >= 0.6 is 0 Å². The lowest BCUT2D eigenvalue weighted by Crippen LogP contribution is -3.18. The summed E-state index contributed by atoms with van der Waals surface area (Å²) in [6.45, 7) is 0. The normalized spacial score (nSPS) is 82.0. The number of hydrogen-bond acceptors (Lipinski definition) is 1. The molecule has 14 heavy (non-hydrogen) atoms. The van der Waals surface area contributed by atoms with Gasteiger partial charge in [0.25, 0.3) is 0 Å². The zero-order valence-corrected chi connectivity index (χ0v) is 8.27. The summed E-state index contributed by atoms with van der Waals surface area (Å²) in [6.07, 6.45) is 0. The van der Waals surface area contributed by atoms with Crippen LogP contribution in [-0.4, -0.2) is 41.0 Å². The van der Waals surface area contributed by atoms with Crippen molar-refractivity contribution in [3.05, 3.63) is 0 Å². The second kappa shape index (κ2) is 1.06. The Labute approximate surface area is 82.0 Å². The average Bonchev–Trinajstić information content (AvgIpc) is 2.39. The lowest BCUT2D eigenvalue weighted by Gasteiger charge is -3.10. The minimum atomic E-state index is 0.295. The van der Waals surface area contributed by atoms with Crippen molar-refractivity contribution in [1.29, 1.82) is 0 Å². The van der Waals surface area contributed by atoms with E-state index in [0.717, 1.165) is 35.5 Å². The zero-order valence-electron chi connectivity index (χ0n) is 8.27. The average molecular weight is 188 g/mol. The SMILES string of the molecule is CN1C(=O)N(C)C23C4C5C6C4C12C6C53. The number of likely N-dealkylation sites (N-methyl/N-ethyl adjacent to an activating group) is 2. The minimum Gasteiger partial charge on any atom is -0.319 e. The van der Waals surface area contributed by atoms with E-state index >= 15 is 0 Å². The van der Waals surface area contributed by atoms with E-state index in [9.17, 15) is 4.79 Å². The first kappa shape index (κ1) is 5.99. The van der Waals surface area contributed by atoms with E-state index in [4.69, 9.17) is 0 Å². The maximum absolute atomic E-state index is 12.0. The maximum Gasteiger partial charge on any atom is 0.320 e. The van der Waals surface area contributed by atoms with Crippen molar-refractivity contribution in [3.63, 3.8) is 0 Å². The molecule has 2 amide bonds. The highest BCUT2D eigenvalue weighted by Crippen LogP contribution is 3.06. The first-order chi connectivity index (χ1) is 6.71. The van der Waals surface area contributed by atoms with Crippen LogP contribution in [0.3, 0.4) is 0 Å². The summed E-state index contributed by atoms with van der Waals surface area (Å²) in [6, 6.07) is 0.295. The predicted octanol–water partition coefficient (Wildman–Crippen LogP) is 0.226. The van der Waals surface area contributed by atoms with Crippen LogP contribution in [0.15, 0.2) is 0 Å². The Morgan fingerprint density at radius 2 is 1.29 bits per heavy atom. The second-order valence-electron chi connectivity index (χ2n) is 6.31. The summed E-state index contributed by atoms with van der Waals surface area (Å²) in [7, 11) is 4.07. The zero-order chi connectivity index (χ0) is 9.20. The molecule has 1 heterocycles. The first-order valence-electron chi connectivity index (χ1n) is 5.73. The Bertz CT molecular complexity index is 398. The van der Waals surface area contributed by atoms with Crippen LogP contribution in [-0.2, 0) is 0 Å². The van der Waals surface area contributed by atoms with E-state index in [1.54, 1.807) is 0 Å². The van der Waals surface area contributed by atoms with Crippen molar-refractivity contribution in [1.82, 2.24) is 9.80 Å². The summed E-state index contributed by atoms with van der Waals surface area (Å²) in [4.78, 5) is 16.2. The Kier molecular flexibility index (Phi) is 0.455. The van der Waals surface area contributed by atoms with Gasteiger partial charge in [-0.1, -0.05) is 0 Å². The molecule has 0 aromatic carbocycles. The van der Waals surface area contributed by atoms with E-state index in [1.807, 2.05) is 14.1 Å². The molecule has 7 rings (SSSR count). The summed E-state index contributed by atoms with van der Waals surface area (Å²) in [5, 5.41) is 0. The molecule has 0 aromatic heterocycles. The van der Waals surface area contributed by atoms with Crippen molar-refractivity contribution in [2.24, 2.45) is 35.5 Å². The maximum atomic E-state index is 12.0. The minimum absolute atomic E-state index is 0.295. The summed E-state index contributed by atoms with van der Waals surface area (Å²) in [5.41, 5.74) is 0.737.